The molecule has 234 valence electrons. The fraction of sp³-hybridized carbons (Fsp3) is 0.727. The van der Waals surface area contributed by atoms with Crippen LogP contribution >= 0.6 is 0 Å². The Bertz CT molecular complexity index is 1150. The van der Waals surface area contributed by atoms with Crippen LogP contribution < -0.4 is 15.4 Å². The molecular formula is C33H51N3O6. The third-order valence-corrected chi connectivity index (χ3v) is 9.14. The van der Waals surface area contributed by atoms with Gasteiger partial charge in [-0.15, -0.1) is 0 Å². The van der Waals surface area contributed by atoms with Gasteiger partial charge in [-0.2, -0.15) is 0 Å². The van der Waals surface area contributed by atoms with Crippen molar-refractivity contribution in [2.45, 2.75) is 116 Å². The standard InChI is InChI=1S/C33H51N3O6/c1-8-32-17-18-33(42-32)25(24(32)27(38)34-22-13-15-23(16-14-22)41-9-2)29(40)36(19-11-10-12-20-37)26(33)28(39)35-31(6,7)21-30(3,4)5/h13-16,24-26,37H,8-12,17-21H2,1-7H3,(H,34,38)(H,35,39)/t24-,25+,26?,32+,33?/m1/s1. The van der Waals surface area contributed by atoms with E-state index in [1.807, 2.05) is 39.8 Å². The van der Waals surface area contributed by atoms with Gasteiger partial charge in [0, 0.05) is 24.4 Å². The molecule has 3 aliphatic rings. The number of benzene rings is 1. The minimum absolute atomic E-state index is 0.00822. The van der Waals surface area contributed by atoms with Gasteiger partial charge in [0.05, 0.1) is 24.0 Å². The molecule has 4 rings (SSSR count). The number of fused-ring (bicyclic) bond motifs is 1. The number of aliphatic hydroxyl groups excluding tert-OH is 1. The maximum atomic E-state index is 14.3. The molecule has 5 atom stereocenters. The normalized spacial score (nSPS) is 28.6. The van der Waals surface area contributed by atoms with Crippen LogP contribution in [-0.2, 0) is 19.1 Å². The smallest absolute Gasteiger partial charge is 0.246 e. The van der Waals surface area contributed by atoms with Crippen molar-refractivity contribution in [3.05, 3.63) is 24.3 Å². The molecule has 0 aromatic heterocycles. The highest BCUT2D eigenvalue weighted by molar-refractivity contribution is 6.02. The lowest BCUT2D eigenvalue weighted by atomic mass is 9.65. The molecule has 3 heterocycles. The summed E-state index contributed by atoms with van der Waals surface area (Å²) in [6.07, 6.45) is 4.52. The molecule has 9 nitrogen and oxygen atoms in total. The van der Waals surface area contributed by atoms with Crippen LogP contribution in [0.25, 0.3) is 0 Å². The average molecular weight is 586 g/mol. The number of aliphatic hydroxyl groups is 1. The van der Waals surface area contributed by atoms with Gasteiger partial charge < -0.3 is 30.1 Å². The molecule has 1 aromatic carbocycles. The number of carbonyl (C=O) groups is 3. The Labute approximate surface area is 251 Å². The molecule has 9 heteroatoms. The van der Waals surface area contributed by atoms with Crippen LogP contribution in [0.1, 0.15) is 93.4 Å². The Morgan fingerprint density at radius 2 is 1.74 bits per heavy atom. The van der Waals surface area contributed by atoms with Crippen molar-refractivity contribution in [3.63, 3.8) is 0 Å². The number of carbonyl (C=O) groups excluding carboxylic acids is 3. The van der Waals surface area contributed by atoms with Crippen LogP contribution in [0.2, 0.25) is 0 Å². The highest BCUT2D eigenvalue weighted by Gasteiger charge is 2.78. The van der Waals surface area contributed by atoms with E-state index in [9.17, 15) is 19.5 Å². The fourth-order valence-electron chi connectivity index (χ4n) is 8.02. The number of ether oxygens (including phenoxy) is 2. The quantitative estimate of drug-likeness (QED) is 0.290. The van der Waals surface area contributed by atoms with Gasteiger partial charge >= 0.3 is 0 Å². The summed E-state index contributed by atoms with van der Waals surface area (Å²) in [7, 11) is 0. The lowest BCUT2D eigenvalue weighted by Gasteiger charge is -2.38. The Hall–Kier alpha value is -2.65. The van der Waals surface area contributed by atoms with E-state index in [0.29, 0.717) is 56.7 Å². The molecule has 3 fully saturated rings. The van der Waals surface area contributed by atoms with Gasteiger partial charge in [0.15, 0.2) is 0 Å². The molecule has 1 spiro atoms. The van der Waals surface area contributed by atoms with Crippen LogP contribution in [0.15, 0.2) is 24.3 Å². The molecule has 2 unspecified atom stereocenters. The number of hydrogen-bond acceptors (Lipinski definition) is 6. The van der Waals surface area contributed by atoms with Crippen molar-refractivity contribution >= 4 is 23.4 Å². The number of nitrogens with one attached hydrogen (secondary N) is 2. The Kier molecular flexibility index (Phi) is 9.34. The summed E-state index contributed by atoms with van der Waals surface area (Å²) in [6, 6.07) is 6.38. The average Bonchev–Trinajstić information content (AvgIpc) is 3.49. The van der Waals surface area contributed by atoms with Crippen LogP contribution in [0.5, 0.6) is 5.75 Å². The Balaban J connectivity index is 1.66. The van der Waals surface area contributed by atoms with Crippen molar-refractivity contribution in [1.82, 2.24) is 10.2 Å². The molecule has 1 aromatic rings. The van der Waals surface area contributed by atoms with Gasteiger partial charge in [0.1, 0.15) is 17.4 Å². The Morgan fingerprint density at radius 3 is 2.33 bits per heavy atom. The molecule has 3 saturated heterocycles. The molecular weight excluding hydrogens is 534 g/mol. The van der Waals surface area contributed by atoms with Crippen molar-refractivity contribution in [2.75, 3.05) is 25.1 Å². The SMILES string of the molecule is CCOc1ccc(NC(=O)[C@H]2[C@H]3C(=O)N(CCCCCO)C(C(=O)NC(C)(C)CC(C)(C)C)C34CC[C@]2(CC)O4)cc1. The van der Waals surface area contributed by atoms with E-state index in [4.69, 9.17) is 9.47 Å². The fourth-order valence-corrected chi connectivity index (χ4v) is 8.02. The molecule has 3 N–H and O–H groups in total. The zero-order valence-electron chi connectivity index (χ0n) is 26.5. The van der Waals surface area contributed by atoms with Crippen LogP contribution in [0.4, 0.5) is 5.69 Å². The molecule has 42 heavy (non-hydrogen) atoms. The first-order valence-electron chi connectivity index (χ1n) is 15.7. The number of anilines is 1. The highest BCUT2D eigenvalue weighted by Crippen LogP contribution is 2.64. The summed E-state index contributed by atoms with van der Waals surface area (Å²) in [5.41, 5.74) is -1.76. The van der Waals surface area contributed by atoms with E-state index in [-0.39, 0.29) is 29.7 Å². The predicted molar refractivity (Wildman–Crippen MR) is 162 cm³/mol. The first-order valence-corrected chi connectivity index (χ1v) is 15.7. The first kappa shape index (κ1) is 32.3. The summed E-state index contributed by atoms with van der Waals surface area (Å²) in [6.45, 7) is 15.4. The van der Waals surface area contributed by atoms with E-state index in [0.717, 1.165) is 12.8 Å². The number of amides is 3. The number of likely N-dealkylation sites (tertiary alicyclic amines) is 1. The van der Waals surface area contributed by atoms with Gasteiger partial charge in [0.25, 0.3) is 0 Å². The summed E-state index contributed by atoms with van der Waals surface area (Å²) < 4.78 is 12.4. The van der Waals surface area contributed by atoms with Crippen molar-refractivity contribution in [3.8, 4) is 5.75 Å². The Morgan fingerprint density at radius 1 is 1.05 bits per heavy atom. The molecule has 3 amide bonds. The first-order chi connectivity index (χ1) is 19.7. The number of rotatable bonds is 13. The van der Waals surface area contributed by atoms with E-state index in [1.54, 1.807) is 17.0 Å². The lowest BCUT2D eigenvalue weighted by molar-refractivity contribution is -0.147. The maximum absolute atomic E-state index is 14.3. The lowest BCUT2D eigenvalue weighted by Crippen LogP contribution is -2.59. The minimum Gasteiger partial charge on any atom is -0.494 e. The second-order valence-electron chi connectivity index (χ2n) is 14.2. The van der Waals surface area contributed by atoms with Crippen molar-refractivity contribution in [1.29, 1.82) is 0 Å². The van der Waals surface area contributed by atoms with Gasteiger partial charge in [0.2, 0.25) is 17.7 Å². The monoisotopic (exact) mass is 585 g/mol. The van der Waals surface area contributed by atoms with E-state index in [1.165, 1.54) is 0 Å². The van der Waals surface area contributed by atoms with E-state index in [2.05, 4.69) is 31.4 Å². The predicted octanol–water partition coefficient (Wildman–Crippen LogP) is 4.67. The summed E-state index contributed by atoms with van der Waals surface area (Å²) in [4.78, 5) is 44.2. The molecule has 0 radical (unpaired) electrons. The van der Waals surface area contributed by atoms with Crippen molar-refractivity contribution in [2.24, 2.45) is 17.3 Å². The maximum Gasteiger partial charge on any atom is 0.246 e. The molecule has 0 aliphatic carbocycles. The zero-order valence-corrected chi connectivity index (χ0v) is 26.5. The van der Waals surface area contributed by atoms with Crippen LogP contribution in [-0.4, -0.2) is 70.3 Å². The van der Waals surface area contributed by atoms with Crippen molar-refractivity contribution < 1.29 is 29.0 Å². The zero-order chi connectivity index (χ0) is 30.9. The van der Waals surface area contributed by atoms with Gasteiger partial charge in [-0.1, -0.05) is 27.7 Å². The number of nitrogens with zero attached hydrogens (tertiary/aromatic N) is 1. The van der Waals surface area contributed by atoms with E-state index < -0.39 is 34.6 Å². The van der Waals surface area contributed by atoms with Crippen LogP contribution in [0, 0.1) is 17.3 Å². The summed E-state index contributed by atoms with van der Waals surface area (Å²) in [5, 5.41) is 15.6. The summed E-state index contributed by atoms with van der Waals surface area (Å²) >= 11 is 0. The molecule has 3 aliphatic heterocycles. The second kappa shape index (κ2) is 12.2. The third-order valence-electron chi connectivity index (χ3n) is 9.14. The topological polar surface area (TPSA) is 117 Å². The van der Waals surface area contributed by atoms with Gasteiger partial charge in [-0.05, 0) is 95.4 Å². The molecule has 2 bridgehead atoms. The van der Waals surface area contributed by atoms with Gasteiger partial charge in [-0.3, -0.25) is 14.4 Å². The number of unbranched alkanes of at least 4 members (excludes halogenated alkanes) is 2. The highest BCUT2D eigenvalue weighted by atomic mass is 16.5. The molecule has 0 saturated carbocycles. The van der Waals surface area contributed by atoms with E-state index >= 15 is 0 Å². The third kappa shape index (κ3) is 6.18. The largest absolute Gasteiger partial charge is 0.494 e. The van der Waals surface area contributed by atoms with Gasteiger partial charge in [-0.25, -0.2) is 0 Å². The second-order valence-corrected chi connectivity index (χ2v) is 14.2. The number of hydrogen-bond donors (Lipinski definition) is 3. The summed E-state index contributed by atoms with van der Waals surface area (Å²) in [5.74, 6) is -1.40. The minimum atomic E-state index is -1.06. The van der Waals surface area contributed by atoms with Crippen LogP contribution in [0.3, 0.4) is 0 Å².